The highest BCUT2D eigenvalue weighted by atomic mass is 16.2. The molecule has 0 aliphatic rings. The molecule has 0 spiro atoms. The smallest absolute Gasteiger partial charge is 0.251 e. The Bertz CT molecular complexity index is 918. The molecule has 2 N–H and O–H groups in total. The van der Waals surface area contributed by atoms with Crippen LogP contribution in [0.4, 0.5) is 5.95 Å². The predicted molar refractivity (Wildman–Crippen MR) is 102 cm³/mol. The van der Waals surface area contributed by atoms with Crippen molar-refractivity contribution >= 4 is 28.8 Å². The topological polar surface area (TPSA) is 76.0 Å². The molecule has 2 amide bonds. The molecule has 1 unspecified atom stereocenters. The zero-order valence-corrected chi connectivity index (χ0v) is 14.9. The maximum absolute atomic E-state index is 12.5. The monoisotopic (exact) mass is 350 g/mol. The summed E-state index contributed by atoms with van der Waals surface area (Å²) in [4.78, 5) is 29.3. The molecule has 3 aromatic rings. The average Bonchev–Trinajstić information content (AvgIpc) is 3.00. The second-order valence-corrected chi connectivity index (χ2v) is 6.13. The summed E-state index contributed by atoms with van der Waals surface area (Å²) < 4.78 is 1.99. The molecular formula is C20H22N4O2. The lowest BCUT2D eigenvalue weighted by atomic mass is 10.2. The van der Waals surface area contributed by atoms with Gasteiger partial charge >= 0.3 is 0 Å². The summed E-state index contributed by atoms with van der Waals surface area (Å²) in [5, 5.41) is 5.55. The van der Waals surface area contributed by atoms with E-state index < -0.39 is 6.04 Å². The lowest BCUT2D eigenvalue weighted by Crippen LogP contribution is -2.42. The van der Waals surface area contributed by atoms with Crippen molar-refractivity contribution in [3.8, 4) is 0 Å². The van der Waals surface area contributed by atoms with Crippen LogP contribution < -0.4 is 10.6 Å². The Morgan fingerprint density at radius 3 is 2.50 bits per heavy atom. The van der Waals surface area contributed by atoms with Crippen molar-refractivity contribution in [2.24, 2.45) is 0 Å². The number of nitrogens with zero attached hydrogens (tertiary/aromatic N) is 2. The summed E-state index contributed by atoms with van der Waals surface area (Å²) >= 11 is 0. The van der Waals surface area contributed by atoms with Crippen molar-refractivity contribution in [3.05, 3.63) is 60.2 Å². The van der Waals surface area contributed by atoms with Crippen LogP contribution in [0, 0.1) is 0 Å². The highest BCUT2D eigenvalue weighted by molar-refractivity contribution is 6.00. The number of imidazole rings is 1. The van der Waals surface area contributed by atoms with Crippen LogP contribution in [0.2, 0.25) is 0 Å². The Hall–Kier alpha value is -3.15. The van der Waals surface area contributed by atoms with E-state index in [1.54, 1.807) is 31.2 Å². The summed E-state index contributed by atoms with van der Waals surface area (Å²) in [7, 11) is 0. The van der Waals surface area contributed by atoms with Gasteiger partial charge in [0.05, 0.1) is 11.0 Å². The maximum atomic E-state index is 12.5. The van der Waals surface area contributed by atoms with Crippen LogP contribution in [0.15, 0.2) is 54.6 Å². The molecule has 0 aliphatic carbocycles. The number of nitrogens with one attached hydrogen (secondary N) is 2. The molecule has 1 heterocycles. The van der Waals surface area contributed by atoms with Crippen LogP contribution in [-0.4, -0.2) is 27.4 Å². The second kappa shape index (κ2) is 7.82. The molecule has 0 fully saturated rings. The molecule has 0 saturated carbocycles. The molecule has 2 aromatic carbocycles. The summed E-state index contributed by atoms with van der Waals surface area (Å²) in [5.74, 6) is -0.0869. The van der Waals surface area contributed by atoms with Gasteiger partial charge < -0.3 is 9.88 Å². The van der Waals surface area contributed by atoms with Crippen LogP contribution in [0.25, 0.3) is 11.0 Å². The van der Waals surface area contributed by atoms with E-state index in [4.69, 9.17) is 0 Å². The maximum Gasteiger partial charge on any atom is 0.251 e. The Labute approximate surface area is 152 Å². The van der Waals surface area contributed by atoms with E-state index in [2.05, 4.69) is 22.5 Å². The van der Waals surface area contributed by atoms with E-state index in [0.29, 0.717) is 11.5 Å². The lowest BCUT2D eigenvalue weighted by molar-refractivity contribution is -0.117. The molecule has 0 bridgehead atoms. The van der Waals surface area contributed by atoms with Gasteiger partial charge in [0.1, 0.15) is 6.04 Å². The zero-order valence-electron chi connectivity index (χ0n) is 14.9. The largest absolute Gasteiger partial charge is 0.341 e. The summed E-state index contributed by atoms with van der Waals surface area (Å²) in [6, 6.07) is 15.9. The average molecular weight is 350 g/mol. The fourth-order valence-electron chi connectivity index (χ4n) is 2.77. The van der Waals surface area contributed by atoms with Gasteiger partial charge in [-0.05, 0) is 37.6 Å². The predicted octanol–water partition coefficient (Wildman–Crippen LogP) is 3.20. The van der Waals surface area contributed by atoms with Gasteiger partial charge in [-0.2, -0.15) is 0 Å². The van der Waals surface area contributed by atoms with Crippen molar-refractivity contribution in [3.63, 3.8) is 0 Å². The third-order valence-electron chi connectivity index (χ3n) is 4.11. The minimum absolute atomic E-state index is 0.282. The van der Waals surface area contributed by atoms with Crippen LogP contribution in [0.5, 0.6) is 0 Å². The fraction of sp³-hybridized carbons (Fsp3) is 0.250. The van der Waals surface area contributed by atoms with Gasteiger partial charge in [0.25, 0.3) is 5.91 Å². The van der Waals surface area contributed by atoms with E-state index in [-0.39, 0.29) is 11.8 Å². The first-order valence-electron chi connectivity index (χ1n) is 8.72. The van der Waals surface area contributed by atoms with Gasteiger partial charge in [-0.3, -0.25) is 14.9 Å². The van der Waals surface area contributed by atoms with Gasteiger partial charge in [-0.1, -0.05) is 37.3 Å². The van der Waals surface area contributed by atoms with Gasteiger partial charge in [-0.15, -0.1) is 0 Å². The number of benzene rings is 2. The lowest BCUT2D eigenvalue weighted by Gasteiger charge is -2.15. The van der Waals surface area contributed by atoms with Crippen LogP contribution in [-0.2, 0) is 11.3 Å². The molecule has 6 heteroatoms. The Kier molecular flexibility index (Phi) is 5.31. The molecule has 1 aromatic heterocycles. The SMILES string of the molecule is CCCn1c(NC(=O)C(C)NC(=O)c2ccccc2)nc2ccccc21. The summed E-state index contributed by atoms with van der Waals surface area (Å²) in [6.45, 7) is 4.48. The molecule has 1 atom stereocenters. The Morgan fingerprint density at radius 2 is 1.77 bits per heavy atom. The molecule has 134 valence electrons. The Balaban J connectivity index is 1.74. The third-order valence-corrected chi connectivity index (χ3v) is 4.11. The highest BCUT2D eigenvalue weighted by Crippen LogP contribution is 2.20. The van der Waals surface area contributed by atoms with Crippen molar-refractivity contribution < 1.29 is 9.59 Å². The van der Waals surface area contributed by atoms with E-state index >= 15 is 0 Å². The minimum Gasteiger partial charge on any atom is -0.341 e. The van der Waals surface area contributed by atoms with Crippen LogP contribution in [0.1, 0.15) is 30.6 Å². The zero-order chi connectivity index (χ0) is 18.5. The number of para-hydroxylation sites is 2. The number of amides is 2. The van der Waals surface area contributed by atoms with Gasteiger partial charge in [0.2, 0.25) is 11.9 Å². The van der Waals surface area contributed by atoms with Crippen LogP contribution in [0.3, 0.4) is 0 Å². The van der Waals surface area contributed by atoms with Crippen molar-refractivity contribution in [1.29, 1.82) is 0 Å². The molecule has 6 nitrogen and oxygen atoms in total. The quantitative estimate of drug-likeness (QED) is 0.717. The molecule has 26 heavy (non-hydrogen) atoms. The second-order valence-electron chi connectivity index (χ2n) is 6.13. The molecule has 0 aliphatic heterocycles. The number of hydrogen-bond acceptors (Lipinski definition) is 3. The first-order valence-corrected chi connectivity index (χ1v) is 8.72. The number of carbonyl (C=O) groups is 2. The van der Waals surface area contributed by atoms with Crippen molar-refractivity contribution in [2.45, 2.75) is 32.9 Å². The normalized spacial score (nSPS) is 11.9. The first kappa shape index (κ1) is 17.7. The van der Waals surface area contributed by atoms with E-state index in [1.807, 2.05) is 34.9 Å². The van der Waals surface area contributed by atoms with Crippen molar-refractivity contribution in [1.82, 2.24) is 14.9 Å². The van der Waals surface area contributed by atoms with E-state index in [1.165, 1.54) is 0 Å². The number of hydrogen-bond donors (Lipinski definition) is 2. The number of fused-ring (bicyclic) bond motifs is 1. The van der Waals surface area contributed by atoms with E-state index in [0.717, 1.165) is 24.0 Å². The summed E-state index contributed by atoms with van der Waals surface area (Å²) in [5.41, 5.74) is 2.33. The molecule has 3 rings (SSSR count). The highest BCUT2D eigenvalue weighted by Gasteiger charge is 2.19. The van der Waals surface area contributed by atoms with Gasteiger partial charge in [0.15, 0.2) is 0 Å². The number of carbonyl (C=O) groups excluding carboxylic acids is 2. The molecule has 0 saturated heterocycles. The number of rotatable bonds is 6. The Morgan fingerprint density at radius 1 is 1.08 bits per heavy atom. The number of aryl methyl sites for hydroxylation is 1. The molecule has 0 radical (unpaired) electrons. The minimum atomic E-state index is -0.683. The standard InChI is InChI=1S/C20H22N4O2/c1-3-13-24-17-12-8-7-11-16(17)22-20(24)23-18(25)14(2)21-19(26)15-9-5-4-6-10-15/h4-12,14H,3,13H2,1-2H3,(H,21,26)(H,22,23,25). The van der Waals surface area contributed by atoms with Crippen molar-refractivity contribution in [2.75, 3.05) is 5.32 Å². The van der Waals surface area contributed by atoms with E-state index in [9.17, 15) is 9.59 Å². The first-order chi connectivity index (χ1) is 12.6. The number of anilines is 1. The number of aromatic nitrogens is 2. The third kappa shape index (κ3) is 3.74. The van der Waals surface area contributed by atoms with Crippen LogP contribution >= 0.6 is 0 Å². The fourth-order valence-corrected chi connectivity index (χ4v) is 2.77. The van der Waals surface area contributed by atoms with Gasteiger partial charge in [-0.25, -0.2) is 4.98 Å². The molecular weight excluding hydrogens is 328 g/mol. The van der Waals surface area contributed by atoms with Gasteiger partial charge in [0, 0.05) is 12.1 Å². The summed E-state index contributed by atoms with van der Waals surface area (Å²) in [6.07, 6.45) is 0.920.